The van der Waals surface area contributed by atoms with Gasteiger partial charge in [0.2, 0.25) is 0 Å². The van der Waals surface area contributed by atoms with Gasteiger partial charge in [0.25, 0.3) is 0 Å². The Morgan fingerprint density at radius 2 is 1.47 bits per heavy atom. The molecule has 0 bridgehead atoms. The molecule has 19 heavy (non-hydrogen) atoms. The largest absolute Gasteiger partial charge is 0.494 e. The molecule has 0 aromatic heterocycles. The van der Waals surface area contributed by atoms with Gasteiger partial charge in [-0.1, -0.05) is 13.8 Å². The minimum atomic E-state index is 0.770. The fraction of sp³-hybridized carbons (Fsp3) is 0.625. The van der Waals surface area contributed by atoms with E-state index in [-0.39, 0.29) is 0 Å². The summed E-state index contributed by atoms with van der Waals surface area (Å²) < 4.78 is 11.2. The molecule has 1 aromatic carbocycles. The summed E-state index contributed by atoms with van der Waals surface area (Å²) in [6.45, 7) is 7.97. The lowest BCUT2D eigenvalue weighted by Crippen LogP contribution is -2.14. The SMILES string of the molecule is CCCOc1ccc(OCCCCCNCC)cc1. The molecule has 0 spiro atoms. The third-order valence-corrected chi connectivity index (χ3v) is 2.81. The second kappa shape index (κ2) is 10.7. The van der Waals surface area contributed by atoms with Crippen molar-refractivity contribution in [2.75, 3.05) is 26.3 Å². The maximum Gasteiger partial charge on any atom is 0.119 e. The van der Waals surface area contributed by atoms with Crippen LogP contribution in [0.2, 0.25) is 0 Å². The van der Waals surface area contributed by atoms with Crippen LogP contribution in [-0.4, -0.2) is 26.3 Å². The molecule has 3 heteroatoms. The Hall–Kier alpha value is -1.22. The van der Waals surface area contributed by atoms with E-state index in [0.29, 0.717) is 0 Å². The van der Waals surface area contributed by atoms with Gasteiger partial charge < -0.3 is 14.8 Å². The van der Waals surface area contributed by atoms with Gasteiger partial charge >= 0.3 is 0 Å². The first-order valence-electron chi connectivity index (χ1n) is 7.43. The molecular weight excluding hydrogens is 238 g/mol. The number of hydrogen-bond acceptors (Lipinski definition) is 3. The third-order valence-electron chi connectivity index (χ3n) is 2.81. The van der Waals surface area contributed by atoms with Crippen LogP contribution in [0, 0.1) is 0 Å². The predicted molar refractivity (Wildman–Crippen MR) is 80.1 cm³/mol. The highest BCUT2D eigenvalue weighted by atomic mass is 16.5. The van der Waals surface area contributed by atoms with E-state index in [1.165, 1.54) is 12.8 Å². The number of rotatable bonds is 11. The van der Waals surface area contributed by atoms with Gasteiger partial charge in [-0.15, -0.1) is 0 Å². The highest BCUT2D eigenvalue weighted by molar-refractivity contribution is 5.31. The summed E-state index contributed by atoms with van der Waals surface area (Å²) in [5.41, 5.74) is 0. The molecule has 3 nitrogen and oxygen atoms in total. The Morgan fingerprint density at radius 3 is 2.05 bits per heavy atom. The molecule has 0 aliphatic carbocycles. The summed E-state index contributed by atoms with van der Waals surface area (Å²) >= 11 is 0. The van der Waals surface area contributed by atoms with E-state index in [1.807, 2.05) is 24.3 Å². The van der Waals surface area contributed by atoms with E-state index < -0.39 is 0 Å². The van der Waals surface area contributed by atoms with Crippen molar-refractivity contribution in [3.8, 4) is 11.5 Å². The summed E-state index contributed by atoms with van der Waals surface area (Å²) in [7, 11) is 0. The first kappa shape index (κ1) is 15.8. The normalized spacial score (nSPS) is 10.4. The molecule has 0 atom stereocenters. The number of ether oxygens (including phenoxy) is 2. The maximum absolute atomic E-state index is 5.70. The molecule has 1 rings (SSSR count). The molecule has 0 aliphatic rings. The molecule has 1 N–H and O–H groups in total. The average Bonchev–Trinajstić information content (AvgIpc) is 2.45. The zero-order valence-electron chi connectivity index (χ0n) is 12.3. The number of unbranched alkanes of at least 4 members (excludes halogenated alkanes) is 2. The molecule has 0 unspecified atom stereocenters. The van der Waals surface area contributed by atoms with Gasteiger partial charge in [0, 0.05) is 0 Å². The van der Waals surface area contributed by atoms with Gasteiger partial charge in [-0.2, -0.15) is 0 Å². The maximum atomic E-state index is 5.70. The van der Waals surface area contributed by atoms with E-state index in [4.69, 9.17) is 9.47 Å². The van der Waals surface area contributed by atoms with Crippen molar-refractivity contribution in [2.24, 2.45) is 0 Å². The number of hydrogen-bond donors (Lipinski definition) is 1. The fourth-order valence-corrected chi connectivity index (χ4v) is 1.75. The summed E-state index contributed by atoms with van der Waals surface area (Å²) in [6.07, 6.45) is 4.58. The van der Waals surface area contributed by atoms with E-state index in [0.717, 1.165) is 50.6 Å². The number of benzene rings is 1. The lowest BCUT2D eigenvalue weighted by atomic mass is 10.2. The van der Waals surface area contributed by atoms with Crippen molar-refractivity contribution in [1.29, 1.82) is 0 Å². The lowest BCUT2D eigenvalue weighted by molar-refractivity contribution is 0.300. The van der Waals surface area contributed by atoms with E-state index in [9.17, 15) is 0 Å². The zero-order valence-corrected chi connectivity index (χ0v) is 12.3. The molecule has 0 saturated carbocycles. The number of nitrogens with one attached hydrogen (secondary N) is 1. The molecule has 0 fully saturated rings. The van der Waals surface area contributed by atoms with E-state index >= 15 is 0 Å². The monoisotopic (exact) mass is 265 g/mol. The lowest BCUT2D eigenvalue weighted by Gasteiger charge is -2.08. The average molecular weight is 265 g/mol. The zero-order chi connectivity index (χ0) is 13.8. The van der Waals surface area contributed by atoms with Crippen LogP contribution in [0.4, 0.5) is 0 Å². The van der Waals surface area contributed by atoms with Crippen molar-refractivity contribution in [2.45, 2.75) is 39.5 Å². The molecule has 0 radical (unpaired) electrons. The van der Waals surface area contributed by atoms with Crippen LogP contribution in [0.1, 0.15) is 39.5 Å². The van der Waals surface area contributed by atoms with Gasteiger partial charge in [0.05, 0.1) is 13.2 Å². The van der Waals surface area contributed by atoms with Crippen LogP contribution in [-0.2, 0) is 0 Å². The minimum Gasteiger partial charge on any atom is -0.494 e. The topological polar surface area (TPSA) is 30.5 Å². The Kier molecular flexibility index (Phi) is 8.90. The molecule has 0 saturated heterocycles. The smallest absolute Gasteiger partial charge is 0.119 e. The van der Waals surface area contributed by atoms with Gasteiger partial charge in [-0.05, 0) is 63.0 Å². The first-order chi connectivity index (χ1) is 9.36. The quantitative estimate of drug-likeness (QED) is 0.620. The van der Waals surface area contributed by atoms with Crippen LogP contribution >= 0.6 is 0 Å². The summed E-state index contributed by atoms with van der Waals surface area (Å²) in [4.78, 5) is 0. The first-order valence-corrected chi connectivity index (χ1v) is 7.43. The van der Waals surface area contributed by atoms with Crippen LogP contribution in [0.3, 0.4) is 0 Å². The van der Waals surface area contributed by atoms with Crippen LogP contribution < -0.4 is 14.8 Å². The Bertz CT molecular complexity index is 311. The molecule has 0 amide bonds. The highest BCUT2D eigenvalue weighted by Gasteiger charge is 1.96. The van der Waals surface area contributed by atoms with E-state index in [2.05, 4.69) is 19.2 Å². The molecule has 0 aliphatic heterocycles. The Morgan fingerprint density at radius 1 is 0.842 bits per heavy atom. The second-order valence-electron chi connectivity index (χ2n) is 4.58. The van der Waals surface area contributed by atoms with Crippen LogP contribution in [0.5, 0.6) is 11.5 Å². The van der Waals surface area contributed by atoms with Crippen molar-refractivity contribution in [3.05, 3.63) is 24.3 Å². The predicted octanol–water partition coefficient (Wildman–Crippen LogP) is 3.63. The van der Waals surface area contributed by atoms with Gasteiger partial charge in [-0.3, -0.25) is 0 Å². The third kappa shape index (κ3) is 7.73. The van der Waals surface area contributed by atoms with E-state index in [1.54, 1.807) is 0 Å². The van der Waals surface area contributed by atoms with Crippen LogP contribution in [0.15, 0.2) is 24.3 Å². The second-order valence-corrected chi connectivity index (χ2v) is 4.58. The van der Waals surface area contributed by atoms with Gasteiger partial charge in [0.1, 0.15) is 11.5 Å². The molecule has 1 aromatic rings. The van der Waals surface area contributed by atoms with Gasteiger partial charge in [0.15, 0.2) is 0 Å². The molecule has 108 valence electrons. The highest BCUT2D eigenvalue weighted by Crippen LogP contribution is 2.18. The van der Waals surface area contributed by atoms with Gasteiger partial charge in [-0.25, -0.2) is 0 Å². The van der Waals surface area contributed by atoms with Crippen molar-refractivity contribution < 1.29 is 9.47 Å². The van der Waals surface area contributed by atoms with Crippen molar-refractivity contribution in [3.63, 3.8) is 0 Å². The summed E-state index contributed by atoms with van der Waals surface area (Å²) in [5, 5.41) is 3.33. The Labute approximate surface area is 117 Å². The molecule has 0 heterocycles. The van der Waals surface area contributed by atoms with Crippen LogP contribution in [0.25, 0.3) is 0 Å². The molecular formula is C16H27NO2. The standard InChI is InChI=1S/C16H27NO2/c1-3-13-18-15-8-10-16(11-9-15)19-14-7-5-6-12-17-4-2/h8-11,17H,3-7,12-14H2,1-2H3. The minimum absolute atomic E-state index is 0.770. The fourth-order valence-electron chi connectivity index (χ4n) is 1.75. The van der Waals surface area contributed by atoms with Crippen molar-refractivity contribution in [1.82, 2.24) is 5.32 Å². The Balaban J connectivity index is 2.09. The van der Waals surface area contributed by atoms with Crippen molar-refractivity contribution >= 4 is 0 Å². The summed E-state index contributed by atoms with van der Waals surface area (Å²) in [6, 6.07) is 7.89. The summed E-state index contributed by atoms with van der Waals surface area (Å²) in [5.74, 6) is 1.84.